The summed E-state index contributed by atoms with van der Waals surface area (Å²) in [6.45, 7) is 13.2. The number of aliphatic hydroxyl groups is 1. The van der Waals surface area contributed by atoms with Crippen LogP contribution < -0.4 is 5.32 Å². The lowest BCUT2D eigenvalue weighted by atomic mass is 9.83. The van der Waals surface area contributed by atoms with E-state index in [9.17, 15) is 5.11 Å². The zero-order chi connectivity index (χ0) is 12.6. The van der Waals surface area contributed by atoms with E-state index in [1.54, 1.807) is 0 Å². The maximum Gasteiger partial charge on any atom is 0.0721 e. The molecule has 0 aromatic carbocycles. The molecule has 2 N–H and O–H groups in total. The third-order valence-corrected chi connectivity index (χ3v) is 3.34. The van der Waals surface area contributed by atoms with Crippen molar-refractivity contribution in [3.8, 4) is 0 Å². The molecule has 0 aromatic rings. The highest BCUT2D eigenvalue weighted by Gasteiger charge is 2.48. The summed E-state index contributed by atoms with van der Waals surface area (Å²) in [5, 5.41) is 13.5. The molecule has 96 valence electrons. The van der Waals surface area contributed by atoms with Gasteiger partial charge < -0.3 is 15.2 Å². The van der Waals surface area contributed by atoms with Gasteiger partial charge in [-0.05, 0) is 34.1 Å². The first-order chi connectivity index (χ1) is 7.14. The van der Waals surface area contributed by atoms with Gasteiger partial charge in [-0.2, -0.15) is 0 Å². The molecule has 3 nitrogen and oxygen atoms in total. The van der Waals surface area contributed by atoms with Gasteiger partial charge in [0.1, 0.15) is 0 Å². The van der Waals surface area contributed by atoms with Crippen molar-refractivity contribution in [2.24, 2.45) is 5.92 Å². The van der Waals surface area contributed by atoms with Gasteiger partial charge in [-0.1, -0.05) is 13.8 Å². The summed E-state index contributed by atoms with van der Waals surface area (Å²) < 4.78 is 5.99. The van der Waals surface area contributed by atoms with Gasteiger partial charge in [0.05, 0.1) is 17.3 Å². The lowest BCUT2D eigenvalue weighted by Gasteiger charge is -2.30. The number of rotatable bonds is 4. The molecule has 0 radical (unpaired) electrons. The Hall–Kier alpha value is -0.120. The standard InChI is InChI=1S/C13H27NO2/c1-9(2)14-8-11(15)10-7-12(3,4)16-13(10,5)6/h9-11,14-15H,7-8H2,1-6H3. The van der Waals surface area contributed by atoms with Crippen molar-refractivity contribution in [1.82, 2.24) is 5.32 Å². The molecule has 0 saturated carbocycles. The van der Waals surface area contributed by atoms with Crippen molar-refractivity contribution >= 4 is 0 Å². The van der Waals surface area contributed by atoms with Crippen LogP contribution in [0, 0.1) is 5.92 Å². The minimum Gasteiger partial charge on any atom is -0.391 e. The summed E-state index contributed by atoms with van der Waals surface area (Å²) in [4.78, 5) is 0. The van der Waals surface area contributed by atoms with Crippen LogP contribution in [0.5, 0.6) is 0 Å². The summed E-state index contributed by atoms with van der Waals surface area (Å²) in [5.74, 6) is 0.203. The third kappa shape index (κ3) is 3.44. The number of aliphatic hydroxyl groups excluding tert-OH is 1. The molecule has 16 heavy (non-hydrogen) atoms. The third-order valence-electron chi connectivity index (χ3n) is 3.34. The quantitative estimate of drug-likeness (QED) is 0.774. The fourth-order valence-electron chi connectivity index (χ4n) is 2.70. The second-order valence-corrected chi connectivity index (χ2v) is 6.41. The van der Waals surface area contributed by atoms with E-state index in [0.29, 0.717) is 12.6 Å². The van der Waals surface area contributed by atoms with Crippen LogP contribution in [0.15, 0.2) is 0 Å². The first kappa shape index (κ1) is 13.9. The molecule has 1 heterocycles. The largest absolute Gasteiger partial charge is 0.391 e. The van der Waals surface area contributed by atoms with Gasteiger partial charge in [-0.15, -0.1) is 0 Å². The van der Waals surface area contributed by atoms with E-state index in [1.165, 1.54) is 0 Å². The van der Waals surface area contributed by atoms with Gasteiger partial charge >= 0.3 is 0 Å². The van der Waals surface area contributed by atoms with Crippen molar-refractivity contribution in [3.63, 3.8) is 0 Å². The Bertz CT molecular complexity index is 236. The van der Waals surface area contributed by atoms with E-state index < -0.39 is 0 Å². The fourth-order valence-corrected chi connectivity index (χ4v) is 2.70. The van der Waals surface area contributed by atoms with E-state index in [-0.39, 0.29) is 23.2 Å². The molecule has 2 unspecified atom stereocenters. The van der Waals surface area contributed by atoms with Gasteiger partial charge in [-0.25, -0.2) is 0 Å². The predicted octanol–water partition coefficient (Wildman–Crippen LogP) is 1.94. The lowest BCUT2D eigenvalue weighted by molar-refractivity contribution is -0.0872. The average molecular weight is 229 g/mol. The van der Waals surface area contributed by atoms with Crippen LogP contribution in [0.3, 0.4) is 0 Å². The first-order valence-corrected chi connectivity index (χ1v) is 6.26. The lowest BCUT2D eigenvalue weighted by Crippen LogP contribution is -2.42. The molecule has 2 atom stereocenters. The Morgan fingerprint density at radius 3 is 2.25 bits per heavy atom. The van der Waals surface area contributed by atoms with E-state index in [0.717, 1.165) is 6.42 Å². The zero-order valence-corrected chi connectivity index (χ0v) is 11.5. The zero-order valence-electron chi connectivity index (χ0n) is 11.5. The maximum atomic E-state index is 10.2. The summed E-state index contributed by atoms with van der Waals surface area (Å²) in [5.41, 5.74) is -0.353. The molecule has 1 rings (SSSR count). The van der Waals surface area contributed by atoms with E-state index in [4.69, 9.17) is 4.74 Å². The fraction of sp³-hybridized carbons (Fsp3) is 1.00. The molecule has 1 aliphatic rings. The highest BCUT2D eigenvalue weighted by Crippen LogP contribution is 2.43. The number of hydrogen-bond acceptors (Lipinski definition) is 3. The van der Waals surface area contributed by atoms with Crippen molar-refractivity contribution in [2.75, 3.05) is 6.54 Å². The molecule has 0 bridgehead atoms. The molecular weight excluding hydrogens is 202 g/mol. The monoisotopic (exact) mass is 229 g/mol. The van der Waals surface area contributed by atoms with Gasteiger partial charge in [0.2, 0.25) is 0 Å². The minimum absolute atomic E-state index is 0.118. The normalized spacial score (nSPS) is 29.6. The van der Waals surface area contributed by atoms with Crippen molar-refractivity contribution in [2.45, 2.75) is 71.3 Å². The summed E-state index contributed by atoms with van der Waals surface area (Å²) in [6.07, 6.45) is 0.584. The summed E-state index contributed by atoms with van der Waals surface area (Å²) in [6, 6.07) is 0.410. The van der Waals surface area contributed by atoms with E-state index in [1.807, 2.05) is 0 Å². The Labute approximate surface area is 99.6 Å². The molecule has 3 heteroatoms. The average Bonchev–Trinajstić information content (AvgIpc) is 2.30. The Morgan fingerprint density at radius 2 is 1.88 bits per heavy atom. The SMILES string of the molecule is CC(C)NCC(O)C1CC(C)(C)OC1(C)C. The summed E-state index contributed by atoms with van der Waals surface area (Å²) >= 11 is 0. The van der Waals surface area contributed by atoms with Crippen molar-refractivity contribution in [1.29, 1.82) is 0 Å². The van der Waals surface area contributed by atoms with Gasteiger partial charge in [0.25, 0.3) is 0 Å². The Balaban J connectivity index is 2.59. The van der Waals surface area contributed by atoms with E-state index in [2.05, 4.69) is 46.9 Å². The van der Waals surface area contributed by atoms with Gasteiger partial charge in [-0.3, -0.25) is 0 Å². The van der Waals surface area contributed by atoms with Crippen LogP contribution in [0.4, 0.5) is 0 Å². The smallest absolute Gasteiger partial charge is 0.0721 e. The van der Waals surface area contributed by atoms with Crippen LogP contribution in [-0.4, -0.2) is 35.0 Å². The number of nitrogens with one attached hydrogen (secondary N) is 1. The maximum absolute atomic E-state index is 10.2. The van der Waals surface area contributed by atoms with Crippen LogP contribution in [-0.2, 0) is 4.74 Å². The van der Waals surface area contributed by atoms with Crippen LogP contribution in [0.2, 0.25) is 0 Å². The summed E-state index contributed by atoms with van der Waals surface area (Å²) in [7, 11) is 0. The molecular formula is C13H27NO2. The molecule has 1 saturated heterocycles. The molecule has 1 aliphatic heterocycles. The topological polar surface area (TPSA) is 41.5 Å². The van der Waals surface area contributed by atoms with Gasteiger partial charge in [0.15, 0.2) is 0 Å². The van der Waals surface area contributed by atoms with E-state index >= 15 is 0 Å². The van der Waals surface area contributed by atoms with Crippen LogP contribution >= 0.6 is 0 Å². The number of hydrogen-bond donors (Lipinski definition) is 2. The highest BCUT2D eigenvalue weighted by molar-refractivity contribution is 4.97. The molecule has 0 aromatic heterocycles. The van der Waals surface area contributed by atoms with Crippen molar-refractivity contribution in [3.05, 3.63) is 0 Å². The predicted molar refractivity (Wildman–Crippen MR) is 66.5 cm³/mol. The molecule has 0 spiro atoms. The van der Waals surface area contributed by atoms with Crippen molar-refractivity contribution < 1.29 is 9.84 Å². The molecule has 0 amide bonds. The molecule has 0 aliphatic carbocycles. The first-order valence-electron chi connectivity index (χ1n) is 6.26. The second kappa shape index (κ2) is 4.63. The minimum atomic E-state index is -0.334. The Morgan fingerprint density at radius 1 is 1.31 bits per heavy atom. The Kier molecular flexibility index (Phi) is 4.04. The van der Waals surface area contributed by atoms with Crippen LogP contribution in [0.1, 0.15) is 48.0 Å². The second-order valence-electron chi connectivity index (χ2n) is 6.41. The molecule has 1 fully saturated rings. The van der Waals surface area contributed by atoms with Gasteiger partial charge in [0, 0.05) is 18.5 Å². The van der Waals surface area contributed by atoms with Crippen LogP contribution in [0.25, 0.3) is 0 Å². The number of ether oxygens (including phenoxy) is 1. The highest BCUT2D eigenvalue weighted by atomic mass is 16.5.